The molecule has 1 rings (SSSR count). The molecule has 0 saturated heterocycles. The lowest BCUT2D eigenvalue weighted by atomic mass is 10.3. The maximum absolute atomic E-state index is 10.7. The summed E-state index contributed by atoms with van der Waals surface area (Å²) in [6.07, 6.45) is 2.05. The summed E-state index contributed by atoms with van der Waals surface area (Å²) in [5.74, 6) is -0.0728. The van der Waals surface area contributed by atoms with Gasteiger partial charge in [-0.15, -0.1) is 0 Å². The molecule has 1 aromatic rings. The van der Waals surface area contributed by atoms with Crippen molar-refractivity contribution in [1.82, 2.24) is 15.3 Å². The highest BCUT2D eigenvalue weighted by atomic mass is 16.1. The topological polar surface area (TPSA) is 74.8 Å². The molecule has 84 valence electrons. The molecule has 15 heavy (non-hydrogen) atoms. The predicted octanol–water partition coefficient (Wildman–Crippen LogP) is 0.475. The molecule has 1 heterocycles. The van der Waals surface area contributed by atoms with Crippen LogP contribution in [0.2, 0.25) is 0 Å². The smallest absolute Gasteiger partial charge is 0.345 e. The molecule has 1 amide bonds. The quantitative estimate of drug-likeness (QED) is 0.763. The fraction of sp³-hybridized carbons (Fsp3) is 0.500. The van der Waals surface area contributed by atoms with Gasteiger partial charge in [0, 0.05) is 31.8 Å². The summed E-state index contributed by atoms with van der Waals surface area (Å²) in [6, 6.07) is 1.71. The molecule has 0 aliphatic rings. The zero-order valence-corrected chi connectivity index (χ0v) is 9.33. The minimum atomic E-state index is -0.361. The number of hydrogen-bond acceptors (Lipinski definition) is 3. The Labute approximate surface area is 88.9 Å². The summed E-state index contributed by atoms with van der Waals surface area (Å²) in [6.45, 7) is 5.98. The Bertz CT molecular complexity index is 347. The molecule has 0 bridgehead atoms. The molecule has 2 N–H and O–H groups in total. The van der Waals surface area contributed by atoms with E-state index in [1.54, 1.807) is 6.07 Å². The second-order valence-electron chi connectivity index (χ2n) is 2.63. The SMILES string of the molecule is CC.CC(=O)NCCc1ccnc(=O)[nH]1. The van der Waals surface area contributed by atoms with Crippen LogP contribution in [0.15, 0.2) is 17.1 Å². The maximum Gasteiger partial charge on any atom is 0.345 e. The summed E-state index contributed by atoms with van der Waals surface area (Å²) in [5, 5.41) is 2.63. The number of carbonyl (C=O) groups is 1. The minimum absolute atomic E-state index is 0.0728. The lowest BCUT2D eigenvalue weighted by Crippen LogP contribution is -2.23. The van der Waals surface area contributed by atoms with E-state index in [9.17, 15) is 9.59 Å². The first-order valence-corrected chi connectivity index (χ1v) is 4.97. The molecule has 0 aliphatic heterocycles. The van der Waals surface area contributed by atoms with Gasteiger partial charge in [0.05, 0.1) is 0 Å². The van der Waals surface area contributed by atoms with Gasteiger partial charge in [-0.1, -0.05) is 13.8 Å². The van der Waals surface area contributed by atoms with Crippen molar-refractivity contribution in [3.8, 4) is 0 Å². The van der Waals surface area contributed by atoms with Crippen molar-refractivity contribution in [3.63, 3.8) is 0 Å². The standard InChI is InChI=1S/C8H11N3O2.C2H6/c1-6(12)9-4-2-7-3-5-10-8(13)11-7;1-2/h3,5H,2,4H2,1H3,(H,9,12)(H,10,11,13);1-2H3. The van der Waals surface area contributed by atoms with E-state index >= 15 is 0 Å². The van der Waals surface area contributed by atoms with Crippen molar-refractivity contribution in [3.05, 3.63) is 28.4 Å². The predicted molar refractivity (Wildman–Crippen MR) is 58.6 cm³/mol. The Balaban J connectivity index is 0.000000921. The van der Waals surface area contributed by atoms with Gasteiger partial charge in [0.1, 0.15) is 0 Å². The maximum atomic E-state index is 10.7. The van der Waals surface area contributed by atoms with Gasteiger partial charge in [0.25, 0.3) is 0 Å². The van der Waals surface area contributed by atoms with Gasteiger partial charge >= 0.3 is 5.69 Å². The van der Waals surface area contributed by atoms with Crippen LogP contribution in [0.4, 0.5) is 0 Å². The summed E-state index contributed by atoms with van der Waals surface area (Å²) >= 11 is 0. The summed E-state index contributed by atoms with van der Waals surface area (Å²) in [4.78, 5) is 27.3. The van der Waals surface area contributed by atoms with Gasteiger partial charge in [-0.25, -0.2) is 9.78 Å². The zero-order chi connectivity index (χ0) is 11.7. The number of aromatic nitrogens is 2. The van der Waals surface area contributed by atoms with Crippen molar-refractivity contribution in [2.45, 2.75) is 27.2 Å². The van der Waals surface area contributed by atoms with Gasteiger partial charge < -0.3 is 10.3 Å². The van der Waals surface area contributed by atoms with E-state index in [0.717, 1.165) is 5.69 Å². The Morgan fingerprint density at radius 2 is 2.20 bits per heavy atom. The third kappa shape index (κ3) is 6.42. The first-order chi connectivity index (χ1) is 7.18. The van der Waals surface area contributed by atoms with Crippen molar-refractivity contribution < 1.29 is 4.79 Å². The van der Waals surface area contributed by atoms with Crippen molar-refractivity contribution >= 4 is 5.91 Å². The molecule has 5 nitrogen and oxygen atoms in total. The van der Waals surface area contributed by atoms with Gasteiger partial charge in [-0.05, 0) is 6.07 Å². The molecular weight excluding hydrogens is 194 g/mol. The molecule has 0 aliphatic carbocycles. The van der Waals surface area contributed by atoms with E-state index in [2.05, 4.69) is 15.3 Å². The molecular formula is C10H17N3O2. The number of H-pyrrole nitrogens is 1. The van der Waals surface area contributed by atoms with Crippen LogP contribution < -0.4 is 11.0 Å². The van der Waals surface area contributed by atoms with Crippen LogP contribution >= 0.6 is 0 Å². The molecule has 1 aromatic heterocycles. The highest BCUT2D eigenvalue weighted by Gasteiger charge is 1.94. The second-order valence-corrected chi connectivity index (χ2v) is 2.63. The molecule has 5 heteroatoms. The molecule has 0 saturated carbocycles. The third-order valence-electron chi connectivity index (χ3n) is 1.50. The number of amides is 1. The normalized spacial score (nSPS) is 8.73. The number of hydrogen-bond donors (Lipinski definition) is 2. The zero-order valence-electron chi connectivity index (χ0n) is 9.33. The van der Waals surface area contributed by atoms with Gasteiger partial charge in [-0.3, -0.25) is 4.79 Å². The average molecular weight is 211 g/mol. The van der Waals surface area contributed by atoms with Crippen LogP contribution in [0.25, 0.3) is 0 Å². The van der Waals surface area contributed by atoms with E-state index in [4.69, 9.17) is 0 Å². The monoisotopic (exact) mass is 211 g/mol. The molecule has 0 radical (unpaired) electrons. The van der Waals surface area contributed by atoms with Crippen LogP contribution in [0.5, 0.6) is 0 Å². The minimum Gasteiger partial charge on any atom is -0.356 e. The van der Waals surface area contributed by atoms with E-state index < -0.39 is 0 Å². The Kier molecular flexibility index (Phi) is 6.88. The summed E-state index contributed by atoms with van der Waals surface area (Å²) < 4.78 is 0. The number of carbonyl (C=O) groups excluding carboxylic acids is 1. The highest BCUT2D eigenvalue weighted by molar-refractivity contribution is 5.72. The highest BCUT2D eigenvalue weighted by Crippen LogP contribution is 1.88. The lowest BCUT2D eigenvalue weighted by Gasteiger charge is -2.00. The molecule has 0 atom stereocenters. The van der Waals surface area contributed by atoms with Gasteiger partial charge in [0.15, 0.2) is 0 Å². The van der Waals surface area contributed by atoms with Crippen molar-refractivity contribution in [2.75, 3.05) is 6.54 Å². The Morgan fingerprint density at radius 1 is 1.53 bits per heavy atom. The van der Waals surface area contributed by atoms with Crippen LogP contribution in [-0.2, 0) is 11.2 Å². The third-order valence-corrected chi connectivity index (χ3v) is 1.50. The van der Waals surface area contributed by atoms with Crippen LogP contribution in [0.3, 0.4) is 0 Å². The molecule has 0 spiro atoms. The second kappa shape index (κ2) is 7.73. The van der Waals surface area contributed by atoms with Crippen molar-refractivity contribution in [2.24, 2.45) is 0 Å². The fourth-order valence-corrected chi connectivity index (χ4v) is 0.925. The van der Waals surface area contributed by atoms with E-state index in [-0.39, 0.29) is 11.6 Å². The molecule has 0 unspecified atom stereocenters. The van der Waals surface area contributed by atoms with Crippen molar-refractivity contribution in [1.29, 1.82) is 0 Å². The number of rotatable bonds is 3. The first kappa shape index (κ1) is 13.4. The van der Waals surface area contributed by atoms with Gasteiger partial charge in [0.2, 0.25) is 5.91 Å². The summed E-state index contributed by atoms with van der Waals surface area (Å²) in [5.41, 5.74) is 0.411. The molecule has 0 fully saturated rings. The van der Waals surface area contributed by atoms with Crippen LogP contribution in [-0.4, -0.2) is 22.4 Å². The van der Waals surface area contributed by atoms with E-state index in [1.165, 1.54) is 13.1 Å². The van der Waals surface area contributed by atoms with Crippen LogP contribution in [0.1, 0.15) is 26.5 Å². The molecule has 0 aromatic carbocycles. The number of nitrogens with zero attached hydrogens (tertiary/aromatic N) is 1. The Hall–Kier alpha value is -1.65. The van der Waals surface area contributed by atoms with Gasteiger partial charge in [-0.2, -0.15) is 0 Å². The van der Waals surface area contributed by atoms with Crippen LogP contribution in [0, 0.1) is 0 Å². The Morgan fingerprint density at radius 3 is 2.73 bits per heavy atom. The first-order valence-electron chi connectivity index (χ1n) is 4.97. The number of aromatic amines is 1. The average Bonchev–Trinajstić information content (AvgIpc) is 2.20. The van der Waals surface area contributed by atoms with E-state index in [0.29, 0.717) is 13.0 Å². The number of nitrogens with one attached hydrogen (secondary N) is 2. The fourth-order valence-electron chi connectivity index (χ4n) is 0.925. The van der Waals surface area contributed by atoms with E-state index in [1.807, 2.05) is 13.8 Å². The summed E-state index contributed by atoms with van der Waals surface area (Å²) in [7, 11) is 0. The lowest BCUT2D eigenvalue weighted by molar-refractivity contribution is -0.118. The largest absolute Gasteiger partial charge is 0.356 e.